The Balaban J connectivity index is 2.09. The maximum Gasteiger partial charge on any atom is 0.251 e. The molecule has 0 bridgehead atoms. The number of aliphatic hydroxyl groups is 1. The molecule has 0 saturated heterocycles. The lowest BCUT2D eigenvalue weighted by Gasteiger charge is -2.14. The Bertz CT molecular complexity index is 568. The minimum Gasteiger partial charge on any atom is -0.384 e. The van der Waals surface area contributed by atoms with Crippen molar-refractivity contribution in [3.05, 3.63) is 34.9 Å². The van der Waals surface area contributed by atoms with E-state index >= 15 is 0 Å². The summed E-state index contributed by atoms with van der Waals surface area (Å²) in [7, 11) is 0. The van der Waals surface area contributed by atoms with E-state index in [2.05, 4.69) is 23.4 Å². The second-order valence-corrected chi connectivity index (χ2v) is 6.28. The molecule has 2 N–H and O–H groups in total. The Morgan fingerprint density at radius 1 is 1.50 bits per heavy atom. The minimum atomic E-state index is -0.174. The molecule has 1 aromatic rings. The summed E-state index contributed by atoms with van der Waals surface area (Å²) in [5, 5.41) is 11.8. The third kappa shape index (κ3) is 3.36. The predicted molar refractivity (Wildman–Crippen MR) is 83.0 cm³/mol. The molecule has 1 aromatic carbocycles. The normalized spacial score (nSPS) is 15.2. The van der Waals surface area contributed by atoms with E-state index in [1.54, 1.807) is 0 Å². The molecule has 0 unspecified atom stereocenters. The summed E-state index contributed by atoms with van der Waals surface area (Å²) >= 11 is 1.83. The summed E-state index contributed by atoms with van der Waals surface area (Å²) in [5.74, 6) is 5.44. The van der Waals surface area contributed by atoms with Gasteiger partial charge in [-0.3, -0.25) is 4.79 Å². The van der Waals surface area contributed by atoms with Gasteiger partial charge in [0.05, 0.1) is 0 Å². The van der Waals surface area contributed by atoms with Gasteiger partial charge in [-0.2, -0.15) is 11.8 Å². The van der Waals surface area contributed by atoms with Gasteiger partial charge in [0.15, 0.2) is 0 Å². The molecule has 1 saturated carbocycles. The van der Waals surface area contributed by atoms with Crippen molar-refractivity contribution in [3.63, 3.8) is 0 Å². The van der Waals surface area contributed by atoms with Gasteiger partial charge in [0.2, 0.25) is 0 Å². The number of hydrogen-bond acceptors (Lipinski definition) is 3. The number of nitrogens with one attached hydrogen (secondary N) is 1. The topological polar surface area (TPSA) is 49.3 Å². The van der Waals surface area contributed by atoms with Crippen LogP contribution in [-0.4, -0.2) is 35.2 Å². The summed E-state index contributed by atoms with van der Waals surface area (Å²) in [5.41, 5.74) is 2.31. The number of thioether (sulfide) groups is 1. The summed E-state index contributed by atoms with van der Waals surface area (Å²) in [6, 6.07) is 5.50. The van der Waals surface area contributed by atoms with Crippen molar-refractivity contribution < 1.29 is 9.90 Å². The molecular weight excluding hydrogens is 270 g/mol. The lowest BCUT2D eigenvalue weighted by Crippen LogP contribution is -2.32. The van der Waals surface area contributed by atoms with Gasteiger partial charge in [0.25, 0.3) is 5.91 Å². The average molecular weight is 289 g/mol. The van der Waals surface area contributed by atoms with E-state index in [-0.39, 0.29) is 17.3 Å². The van der Waals surface area contributed by atoms with Crippen molar-refractivity contribution >= 4 is 17.7 Å². The second-order valence-electron chi connectivity index (χ2n) is 5.01. The Morgan fingerprint density at radius 2 is 2.25 bits per heavy atom. The Morgan fingerprint density at radius 3 is 2.85 bits per heavy atom. The van der Waals surface area contributed by atoms with Crippen LogP contribution in [0.4, 0.5) is 0 Å². The van der Waals surface area contributed by atoms with Gasteiger partial charge in [0.1, 0.15) is 6.61 Å². The summed E-state index contributed by atoms with van der Waals surface area (Å²) in [4.78, 5) is 12.3. The van der Waals surface area contributed by atoms with Crippen LogP contribution in [-0.2, 0) is 0 Å². The predicted octanol–water partition coefficient (Wildman–Crippen LogP) is 1.96. The maximum absolute atomic E-state index is 12.3. The van der Waals surface area contributed by atoms with Gasteiger partial charge in [-0.15, -0.1) is 0 Å². The molecule has 0 heterocycles. The van der Waals surface area contributed by atoms with Crippen molar-refractivity contribution in [1.82, 2.24) is 5.32 Å². The molecule has 1 fully saturated rings. The van der Waals surface area contributed by atoms with Crippen LogP contribution in [0.1, 0.15) is 34.3 Å². The molecule has 20 heavy (non-hydrogen) atoms. The van der Waals surface area contributed by atoms with E-state index in [0.29, 0.717) is 5.56 Å². The van der Waals surface area contributed by atoms with Crippen molar-refractivity contribution in [2.24, 2.45) is 0 Å². The van der Waals surface area contributed by atoms with Gasteiger partial charge in [-0.1, -0.05) is 17.9 Å². The maximum atomic E-state index is 12.3. The second kappa shape index (κ2) is 6.34. The van der Waals surface area contributed by atoms with Crippen LogP contribution in [0.25, 0.3) is 0 Å². The molecular formula is C16H19NO2S. The first-order valence-corrected chi connectivity index (χ1v) is 7.87. The van der Waals surface area contributed by atoms with Gasteiger partial charge >= 0.3 is 0 Å². The van der Waals surface area contributed by atoms with Crippen molar-refractivity contribution in [2.45, 2.75) is 24.5 Å². The average Bonchev–Trinajstić information content (AvgIpc) is 3.24. The van der Waals surface area contributed by atoms with Crippen molar-refractivity contribution in [3.8, 4) is 11.8 Å². The molecule has 2 rings (SSSR count). The van der Waals surface area contributed by atoms with Crippen LogP contribution < -0.4 is 5.32 Å². The lowest BCUT2D eigenvalue weighted by atomic mass is 10.0. The molecule has 0 radical (unpaired) electrons. The highest BCUT2D eigenvalue weighted by Crippen LogP contribution is 2.46. The third-order valence-electron chi connectivity index (χ3n) is 3.69. The number of benzene rings is 1. The van der Waals surface area contributed by atoms with Crippen LogP contribution in [0.5, 0.6) is 0 Å². The summed E-state index contributed by atoms with van der Waals surface area (Å²) in [6.45, 7) is 2.43. The van der Waals surface area contributed by atoms with Crippen LogP contribution in [0.15, 0.2) is 18.2 Å². The Kier molecular flexibility index (Phi) is 4.74. The van der Waals surface area contributed by atoms with Gasteiger partial charge in [-0.05, 0) is 43.7 Å². The molecule has 1 amide bonds. The zero-order valence-electron chi connectivity index (χ0n) is 11.8. The molecule has 0 spiro atoms. The highest BCUT2D eigenvalue weighted by Gasteiger charge is 2.41. The van der Waals surface area contributed by atoms with Crippen molar-refractivity contribution in [2.75, 3.05) is 19.4 Å². The number of rotatable bonds is 4. The number of aliphatic hydroxyl groups excluding tert-OH is 1. The smallest absolute Gasteiger partial charge is 0.251 e. The summed E-state index contributed by atoms with van der Waals surface area (Å²) < 4.78 is 0.262. The summed E-state index contributed by atoms with van der Waals surface area (Å²) in [6.07, 6.45) is 4.44. The number of carbonyl (C=O) groups is 1. The Hall–Kier alpha value is -1.44. The fourth-order valence-corrected chi connectivity index (χ4v) is 2.81. The first-order valence-electron chi connectivity index (χ1n) is 6.64. The monoisotopic (exact) mass is 289 g/mol. The number of amides is 1. The largest absolute Gasteiger partial charge is 0.384 e. The third-order valence-corrected chi connectivity index (χ3v) is 5.11. The molecule has 3 nitrogen and oxygen atoms in total. The number of hydrogen-bond donors (Lipinski definition) is 2. The standard InChI is InChI=1S/C16H19NO2S/c1-12-13(6-4-10-18)5-3-7-14(12)15(19)17-11-16(20-2)8-9-16/h3,5,7,18H,8-11H2,1-2H3,(H,17,19). The van der Waals surface area contributed by atoms with Crippen LogP contribution in [0, 0.1) is 18.8 Å². The highest BCUT2D eigenvalue weighted by molar-refractivity contribution is 8.00. The van der Waals surface area contributed by atoms with E-state index in [4.69, 9.17) is 5.11 Å². The molecule has 106 valence electrons. The zero-order chi connectivity index (χ0) is 14.6. The molecule has 0 aromatic heterocycles. The SMILES string of the molecule is CSC1(CNC(=O)c2cccc(C#CCO)c2C)CC1. The minimum absolute atomic E-state index is 0.0459. The molecule has 0 aliphatic heterocycles. The molecule has 4 heteroatoms. The van der Waals surface area contributed by atoms with Crippen LogP contribution in [0.3, 0.4) is 0 Å². The van der Waals surface area contributed by atoms with E-state index in [0.717, 1.165) is 17.7 Å². The highest BCUT2D eigenvalue weighted by atomic mass is 32.2. The van der Waals surface area contributed by atoms with Gasteiger partial charge in [-0.25, -0.2) is 0 Å². The number of carbonyl (C=O) groups excluding carboxylic acids is 1. The van der Waals surface area contributed by atoms with Gasteiger partial charge in [0, 0.05) is 22.4 Å². The van der Waals surface area contributed by atoms with E-state index in [9.17, 15) is 4.79 Å². The molecule has 0 atom stereocenters. The zero-order valence-corrected chi connectivity index (χ0v) is 12.6. The first kappa shape index (κ1) is 15.0. The van der Waals surface area contributed by atoms with Crippen molar-refractivity contribution in [1.29, 1.82) is 0 Å². The van der Waals surface area contributed by atoms with E-state index in [1.165, 1.54) is 12.8 Å². The van der Waals surface area contributed by atoms with E-state index in [1.807, 2.05) is 36.9 Å². The van der Waals surface area contributed by atoms with E-state index < -0.39 is 0 Å². The fraction of sp³-hybridized carbons (Fsp3) is 0.438. The Labute approximate surface area is 124 Å². The quantitative estimate of drug-likeness (QED) is 0.833. The van der Waals surface area contributed by atoms with Crippen LogP contribution >= 0.6 is 11.8 Å². The van der Waals surface area contributed by atoms with Crippen LogP contribution in [0.2, 0.25) is 0 Å². The molecule has 1 aliphatic carbocycles. The first-order chi connectivity index (χ1) is 9.62. The van der Waals surface area contributed by atoms with Gasteiger partial charge < -0.3 is 10.4 Å². The molecule has 1 aliphatic rings. The lowest BCUT2D eigenvalue weighted by molar-refractivity contribution is 0.0952. The fourth-order valence-electron chi connectivity index (χ4n) is 2.08.